The monoisotopic (exact) mass is 372 g/mol. The van der Waals surface area contributed by atoms with Gasteiger partial charge in [0.15, 0.2) is 0 Å². The molecule has 0 atom stereocenters. The Morgan fingerprint density at radius 3 is 2.35 bits per heavy atom. The molecule has 120 valence electrons. The van der Waals surface area contributed by atoms with Crippen molar-refractivity contribution in [2.24, 2.45) is 0 Å². The largest absolute Gasteiger partial charge is 0.323 e. The zero-order valence-electron chi connectivity index (χ0n) is 13.6. The highest BCUT2D eigenvalue weighted by Gasteiger charge is 2.18. The fraction of sp³-hybridized carbons (Fsp3) is 0.211. The minimum absolute atomic E-state index is 0.0306. The van der Waals surface area contributed by atoms with Gasteiger partial charge >= 0.3 is 6.03 Å². The van der Waals surface area contributed by atoms with Crippen LogP contribution in [0.1, 0.15) is 31.9 Å². The summed E-state index contributed by atoms with van der Waals surface area (Å²) in [6, 6.07) is 15.4. The van der Waals surface area contributed by atoms with Crippen LogP contribution in [0, 0.1) is 0 Å². The number of urea groups is 1. The highest BCUT2D eigenvalue weighted by Crippen LogP contribution is 2.29. The fourth-order valence-corrected chi connectivity index (χ4v) is 2.46. The molecular formula is C19H21BrN2O. The van der Waals surface area contributed by atoms with E-state index in [1.54, 1.807) is 6.20 Å². The number of carbonyl (C=O) groups is 1. The minimum Gasteiger partial charge on any atom is -0.314 e. The molecule has 0 fully saturated rings. The van der Waals surface area contributed by atoms with E-state index in [4.69, 9.17) is 0 Å². The number of para-hydroxylation sites is 1. The third kappa shape index (κ3) is 5.25. The van der Waals surface area contributed by atoms with Crippen molar-refractivity contribution in [2.45, 2.75) is 26.2 Å². The molecular weight excluding hydrogens is 352 g/mol. The summed E-state index contributed by atoms with van der Waals surface area (Å²) in [5.74, 6) is 0. The molecule has 0 aliphatic rings. The smallest absolute Gasteiger partial charge is 0.314 e. The van der Waals surface area contributed by atoms with Crippen molar-refractivity contribution in [1.29, 1.82) is 0 Å². The number of hydrogen-bond acceptors (Lipinski definition) is 1. The molecule has 2 aromatic carbocycles. The predicted octanol–water partition coefficient (Wildman–Crippen LogP) is 5.54. The third-order valence-corrected chi connectivity index (χ3v) is 3.87. The summed E-state index contributed by atoms with van der Waals surface area (Å²) in [6.07, 6.45) is 3.49. The van der Waals surface area contributed by atoms with Crippen molar-refractivity contribution in [3.63, 3.8) is 0 Å². The quantitative estimate of drug-likeness (QED) is 0.729. The summed E-state index contributed by atoms with van der Waals surface area (Å²) >= 11 is 3.39. The van der Waals surface area contributed by atoms with Gasteiger partial charge in [-0.15, -0.1) is 0 Å². The van der Waals surface area contributed by atoms with Crippen molar-refractivity contribution in [3.8, 4) is 0 Å². The first kappa shape index (κ1) is 17.3. The van der Waals surface area contributed by atoms with E-state index in [0.717, 1.165) is 21.3 Å². The average molecular weight is 373 g/mol. The molecule has 0 aromatic heterocycles. The Morgan fingerprint density at radius 1 is 1.04 bits per heavy atom. The molecule has 0 radical (unpaired) electrons. The average Bonchev–Trinajstić information content (AvgIpc) is 2.49. The molecule has 4 heteroatoms. The van der Waals surface area contributed by atoms with Crippen LogP contribution in [0.2, 0.25) is 0 Å². The third-order valence-electron chi connectivity index (χ3n) is 3.34. The van der Waals surface area contributed by atoms with Gasteiger partial charge in [0, 0.05) is 16.4 Å². The maximum Gasteiger partial charge on any atom is 0.323 e. The summed E-state index contributed by atoms with van der Waals surface area (Å²) in [4.78, 5) is 12.1. The molecule has 0 saturated heterocycles. The highest BCUT2D eigenvalue weighted by atomic mass is 79.9. The topological polar surface area (TPSA) is 41.1 Å². The number of rotatable bonds is 3. The van der Waals surface area contributed by atoms with Crippen molar-refractivity contribution < 1.29 is 4.79 Å². The standard InChI is InChI=1S/C19H21BrN2O/c1-19(2,3)16-6-4-5-7-17(16)22-18(23)21-13-12-14-8-10-15(20)11-9-14/h4-13H,1-3H3,(H2,21,22,23)/b13-12+. The molecule has 3 nitrogen and oxygen atoms in total. The van der Waals surface area contributed by atoms with Gasteiger partial charge in [0.25, 0.3) is 0 Å². The molecule has 2 N–H and O–H groups in total. The first-order valence-electron chi connectivity index (χ1n) is 7.45. The summed E-state index contributed by atoms with van der Waals surface area (Å²) in [5, 5.41) is 5.63. The lowest BCUT2D eigenvalue weighted by molar-refractivity contribution is 0.255. The number of halogens is 1. The van der Waals surface area contributed by atoms with Crippen LogP contribution in [-0.2, 0) is 5.41 Å². The Labute approximate surface area is 145 Å². The Morgan fingerprint density at radius 2 is 1.70 bits per heavy atom. The molecule has 0 bridgehead atoms. The van der Waals surface area contributed by atoms with Gasteiger partial charge in [-0.25, -0.2) is 4.79 Å². The van der Waals surface area contributed by atoms with Crippen molar-refractivity contribution in [1.82, 2.24) is 5.32 Å². The van der Waals surface area contributed by atoms with Gasteiger partial charge in [-0.05, 0) is 40.8 Å². The van der Waals surface area contributed by atoms with Gasteiger partial charge < -0.3 is 10.6 Å². The number of anilines is 1. The summed E-state index contributed by atoms with van der Waals surface area (Å²) in [5.41, 5.74) is 2.92. The first-order valence-corrected chi connectivity index (χ1v) is 8.25. The number of benzene rings is 2. The molecule has 2 rings (SSSR count). The van der Waals surface area contributed by atoms with Gasteiger partial charge in [-0.1, -0.05) is 67.0 Å². The van der Waals surface area contributed by atoms with Crippen molar-refractivity contribution >= 4 is 33.7 Å². The van der Waals surface area contributed by atoms with Crippen LogP contribution < -0.4 is 10.6 Å². The van der Waals surface area contributed by atoms with E-state index in [2.05, 4.69) is 47.3 Å². The number of hydrogen-bond donors (Lipinski definition) is 2. The van der Waals surface area contributed by atoms with E-state index in [-0.39, 0.29) is 11.4 Å². The van der Waals surface area contributed by atoms with E-state index >= 15 is 0 Å². The fourth-order valence-electron chi connectivity index (χ4n) is 2.19. The molecule has 0 spiro atoms. The maximum absolute atomic E-state index is 12.1. The van der Waals surface area contributed by atoms with Gasteiger partial charge in [0.05, 0.1) is 0 Å². The predicted molar refractivity (Wildman–Crippen MR) is 100 cm³/mol. The molecule has 0 aliphatic heterocycles. The van der Waals surface area contributed by atoms with Gasteiger partial charge in [0.2, 0.25) is 0 Å². The second kappa shape index (κ2) is 7.47. The van der Waals surface area contributed by atoms with E-state index < -0.39 is 0 Å². The Hall–Kier alpha value is -2.07. The Bertz CT molecular complexity index is 700. The van der Waals surface area contributed by atoms with Crippen molar-refractivity contribution in [2.75, 3.05) is 5.32 Å². The molecule has 2 amide bonds. The lowest BCUT2D eigenvalue weighted by atomic mass is 9.86. The second-order valence-corrected chi connectivity index (χ2v) is 7.19. The molecule has 0 heterocycles. The number of carbonyl (C=O) groups excluding carboxylic acids is 1. The molecule has 2 aromatic rings. The zero-order chi connectivity index (χ0) is 16.9. The van der Waals surface area contributed by atoms with Crippen LogP contribution in [-0.4, -0.2) is 6.03 Å². The minimum atomic E-state index is -0.255. The Kier molecular flexibility index (Phi) is 5.61. The normalized spacial score (nSPS) is 11.5. The van der Waals surface area contributed by atoms with E-state index in [9.17, 15) is 4.79 Å². The van der Waals surface area contributed by atoms with Crippen LogP contribution in [0.5, 0.6) is 0 Å². The van der Waals surface area contributed by atoms with E-state index in [1.165, 1.54) is 0 Å². The SMILES string of the molecule is CC(C)(C)c1ccccc1NC(=O)N/C=C/c1ccc(Br)cc1. The van der Waals surface area contributed by atoms with Crippen LogP contribution in [0.15, 0.2) is 59.2 Å². The number of nitrogens with one attached hydrogen (secondary N) is 2. The van der Waals surface area contributed by atoms with E-state index in [0.29, 0.717) is 0 Å². The summed E-state index contributed by atoms with van der Waals surface area (Å²) < 4.78 is 1.03. The maximum atomic E-state index is 12.1. The lowest BCUT2D eigenvalue weighted by Crippen LogP contribution is -2.26. The molecule has 0 aliphatic carbocycles. The van der Waals surface area contributed by atoms with Crippen LogP contribution in [0.25, 0.3) is 6.08 Å². The number of amides is 2. The first-order chi connectivity index (χ1) is 10.9. The van der Waals surface area contributed by atoms with Gasteiger partial charge in [0.1, 0.15) is 0 Å². The van der Waals surface area contributed by atoms with Gasteiger partial charge in [-0.2, -0.15) is 0 Å². The highest BCUT2D eigenvalue weighted by molar-refractivity contribution is 9.10. The Balaban J connectivity index is 1.99. The summed E-state index contributed by atoms with van der Waals surface area (Å²) in [7, 11) is 0. The van der Waals surface area contributed by atoms with Crippen LogP contribution in [0.3, 0.4) is 0 Å². The van der Waals surface area contributed by atoms with E-state index in [1.807, 2.05) is 54.6 Å². The zero-order valence-corrected chi connectivity index (χ0v) is 15.1. The second-order valence-electron chi connectivity index (χ2n) is 6.28. The van der Waals surface area contributed by atoms with Gasteiger partial charge in [-0.3, -0.25) is 0 Å². The van der Waals surface area contributed by atoms with Crippen molar-refractivity contribution in [3.05, 3.63) is 70.3 Å². The molecule has 23 heavy (non-hydrogen) atoms. The van der Waals surface area contributed by atoms with Crippen LogP contribution >= 0.6 is 15.9 Å². The lowest BCUT2D eigenvalue weighted by Gasteiger charge is -2.22. The summed E-state index contributed by atoms with van der Waals surface area (Å²) in [6.45, 7) is 6.37. The molecule has 0 unspecified atom stereocenters. The molecule has 0 saturated carbocycles. The van der Waals surface area contributed by atoms with Crippen LogP contribution in [0.4, 0.5) is 10.5 Å².